The second kappa shape index (κ2) is 7.69. The van der Waals surface area contributed by atoms with Gasteiger partial charge in [-0.3, -0.25) is 14.9 Å². The van der Waals surface area contributed by atoms with Crippen molar-refractivity contribution in [1.29, 1.82) is 0 Å². The van der Waals surface area contributed by atoms with Crippen LogP contribution in [0.3, 0.4) is 0 Å². The molecule has 0 fully saturated rings. The van der Waals surface area contributed by atoms with E-state index < -0.39 is 33.7 Å². The first-order valence-electron chi connectivity index (χ1n) is 6.39. The summed E-state index contributed by atoms with van der Waals surface area (Å²) < 4.78 is 27.4. The number of nitrogens with zero attached hydrogens (tertiary/aromatic N) is 1. The number of amides is 1. The second-order valence-corrected chi connectivity index (χ2v) is 4.50. The molecule has 0 heterocycles. The normalized spacial score (nSPS) is 11.7. The van der Waals surface area contributed by atoms with E-state index in [4.69, 9.17) is 11.6 Å². The minimum absolute atomic E-state index is 0.187. The van der Waals surface area contributed by atoms with Crippen molar-refractivity contribution in [2.24, 2.45) is 0 Å². The van der Waals surface area contributed by atoms with E-state index in [1.165, 1.54) is 0 Å². The van der Waals surface area contributed by atoms with Crippen LogP contribution in [-0.4, -0.2) is 23.9 Å². The fraction of sp³-hybridized carbons (Fsp3) is 0.308. The van der Waals surface area contributed by atoms with E-state index in [9.17, 15) is 23.7 Å². The molecule has 0 radical (unpaired) electrons. The summed E-state index contributed by atoms with van der Waals surface area (Å²) in [5, 5.41) is 15.6. The zero-order chi connectivity index (χ0) is 16.9. The minimum Gasteiger partial charge on any atom is -0.375 e. The summed E-state index contributed by atoms with van der Waals surface area (Å²) in [4.78, 5) is 21.8. The van der Waals surface area contributed by atoms with Crippen molar-refractivity contribution in [1.82, 2.24) is 10.6 Å². The molecule has 1 aromatic rings. The highest BCUT2D eigenvalue weighted by Crippen LogP contribution is 2.29. The molecular weight excluding hydrogens is 320 g/mol. The van der Waals surface area contributed by atoms with Gasteiger partial charge in [-0.25, -0.2) is 4.39 Å². The number of carbonyl (C=O) groups is 1. The van der Waals surface area contributed by atoms with E-state index in [1.807, 2.05) is 0 Å². The van der Waals surface area contributed by atoms with Gasteiger partial charge >= 0.3 is 5.69 Å². The maximum atomic E-state index is 14.0. The third-order valence-corrected chi connectivity index (χ3v) is 2.94. The molecule has 0 aromatic heterocycles. The highest BCUT2D eigenvalue weighted by molar-refractivity contribution is 6.39. The molecule has 2 N–H and O–H groups in total. The Balaban J connectivity index is 3.55. The molecule has 22 heavy (non-hydrogen) atoms. The Kier molecular flexibility index (Phi) is 6.24. The molecule has 6 nitrogen and oxygen atoms in total. The molecular formula is C13H14ClF2N3O3. The molecule has 1 rings (SSSR count). The number of halogens is 3. The van der Waals surface area contributed by atoms with Gasteiger partial charge in [-0.15, -0.1) is 0 Å². The Morgan fingerprint density at radius 2 is 1.82 bits per heavy atom. The van der Waals surface area contributed by atoms with Gasteiger partial charge in [0.2, 0.25) is 5.82 Å². The summed E-state index contributed by atoms with van der Waals surface area (Å²) >= 11 is 5.93. The van der Waals surface area contributed by atoms with Gasteiger partial charge in [-0.2, -0.15) is 4.39 Å². The lowest BCUT2D eigenvalue weighted by molar-refractivity contribution is -0.387. The summed E-state index contributed by atoms with van der Waals surface area (Å²) in [6, 6.07) is 0.998. The molecule has 0 saturated heterocycles. The predicted octanol–water partition coefficient (Wildman–Crippen LogP) is 2.53. The van der Waals surface area contributed by atoms with Crippen LogP contribution in [0.1, 0.15) is 19.4 Å². The molecule has 0 spiro atoms. The number of nitro benzene ring substituents is 1. The number of nitrogens with one attached hydrogen (secondary N) is 2. The molecule has 0 aliphatic carbocycles. The van der Waals surface area contributed by atoms with Gasteiger partial charge in [0.25, 0.3) is 5.91 Å². The van der Waals surface area contributed by atoms with Crippen molar-refractivity contribution in [3.05, 3.63) is 44.6 Å². The molecule has 0 atom stereocenters. The van der Waals surface area contributed by atoms with Gasteiger partial charge in [-0.05, 0) is 13.8 Å². The third kappa shape index (κ3) is 3.91. The predicted molar refractivity (Wildman–Crippen MR) is 78.1 cm³/mol. The zero-order valence-corrected chi connectivity index (χ0v) is 12.6. The maximum Gasteiger partial charge on any atom is 0.305 e. The van der Waals surface area contributed by atoms with Crippen molar-refractivity contribution in [3.8, 4) is 0 Å². The first-order valence-corrected chi connectivity index (χ1v) is 6.76. The molecule has 0 saturated carbocycles. The molecule has 1 aromatic carbocycles. The standard InChI is InChI=1S/C13H14ClF2N3O3/c1-3-17-12(14)11(13(20)18-4-2)7-5-10(19(21)22)9(16)6-8(7)15/h5-6,17H,3-4H2,1-2H3,(H,18,20)/b12-11-. The van der Waals surface area contributed by atoms with E-state index in [1.54, 1.807) is 13.8 Å². The molecule has 120 valence electrons. The van der Waals surface area contributed by atoms with Gasteiger partial charge in [0, 0.05) is 30.8 Å². The number of likely N-dealkylation sites (N-methyl/N-ethyl adjacent to an activating group) is 1. The molecule has 0 aliphatic rings. The van der Waals surface area contributed by atoms with Gasteiger partial charge in [0.15, 0.2) is 0 Å². The minimum atomic E-state index is -1.33. The van der Waals surface area contributed by atoms with Gasteiger partial charge in [-0.1, -0.05) is 11.6 Å². The number of rotatable bonds is 6. The topological polar surface area (TPSA) is 84.3 Å². The maximum absolute atomic E-state index is 14.0. The smallest absolute Gasteiger partial charge is 0.305 e. The van der Waals surface area contributed by atoms with E-state index in [0.717, 1.165) is 0 Å². The van der Waals surface area contributed by atoms with Gasteiger partial charge < -0.3 is 10.6 Å². The molecule has 1 amide bonds. The summed E-state index contributed by atoms with van der Waals surface area (Å²) in [6.45, 7) is 3.91. The summed E-state index contributed by atoms with van der Waals surface area (Å²) in [7, 11) is 0. The molecule has 9 heteroatoms. The van der Waals surface area contributed by atoms with Gasteiger partial charge in [0.1, 0.15) is 11.0 Å². The summed E-state index contributed by atoms with van der Waals surface area (Å²) in [6.07, 6.45) is 0. The first kappa shape index (κ1) is 17.8. The van der Waals surface area contributed by atoms with Crippen molar-refractivity contribution < 1.29 is 18.5 Å². The lowest BCUT2D eigenvalue weighted by Gasteiger charge is -2.12. The summed E-state index contributed by atoms with van der Waals surface area (Å²) in [5.74, 6) is -3.19. The number of hydrogen-bond donors (Lipinski definition) is 2. The van der Waals surface area contributed by atoms with Crippen LogP contribution in [0.25, 0.3) is 5.57 Å². The third-order valence-electron chi connectivity index (χ3n) is 2.62. The van der Waals surface area contributed by atoms with E-state index >= 15 is 0 Å². The Hall–Kier alpha value is -2.22. The Morgan fingerprint density at radius 1 is 1.23 bits per heavy atom. The summed E-state index contributed by atoms with van der Waals surface area (Å²) in [5.41, 5.74) is -1.73. The molecule has 0 bridgehead atoms. The van der Waals surface area contributed by atoms with Crippen molar-refractivity contribution in [2.75, 3.05) is 13.1 Å². The average Bonchev–Trinajstić information content (AvgIpc) is 2.41. The number of hydrogen-bond acceptors (Lipinski definition) is 4. The van der Waals surface area contributed by atoms with E-state index in [-0.39, 0.29) is 17.3 Å². The van der Waals surface area contributed by atoms with Crippen LogP contribution in [0.15, 0.2) is 17.3 Å². The Labute approximate surface area is 130 Å². The highest BCUT2D eigenvalue weighted by atomic mass is 35.5. The molecule has 0 aliphatic heterocycles. The highest BCUT2D eigenvalue weighted by Gasteiger charge is 2.25. The largest absolute Gasteiger partial charge is 0.375 e. The van der Waals surface area contributed by atoms with Crippen LogP contribution in [0.4, 0.5) is 14.5 Å². The van der Waals surface area contributed by atoms with Crippen LogP contribution < -0.4 is 10.6 Å². The number of carbonyl (C=O) groups excluding carboxylic acids is 1. The molecule has 0 unspecified atom stereocenters. The van der Waals surface area contributed by atoms with Crippen LogP contribution in [0.5, 0.6) is 0 Å². The van der Waals surface area contributed by atoms with Crippen molar-refractivity contribution >= 4 is 28.8 Å². The van der Waals surface area contributed by atoms with E-state index in [2.05, 4.69) is 10.6 Å². The van der Waals surface area contributed by atoms with Gasteiger partial charge in [0.05, 0.1) is 10.5 Å². The zero-order valence-electron chi connectivity index (χ0n) is 11.9. The fourth-order valence-corrected chi connectivity index (χ4v) is 2.02. The fourth-order valence-electron chi connectivity index (χ4n) is 1.70. The first-order chi connectivity index (χ1) is 10.3. The van der Waals surface area contributed by atoms with Crippen LogP contribution in [0.2, 0.25) is 0 Å². The van der Waals surface area contributed by atoms with E-state index in [0.29, 0.717) is 18.7 Å². The number of benzene rings is 1. The van der Waals surface area contributed by atoms with Crippen LogP contribution >= 0.6 is 11.6 Å². The number of nitro groups is 1. The monoisotopic (exact) mass is 333 g/mol. The lowest BCUT2D eigenvalue weighted by Crippen LogP contribution is -2.27. The second-order valence-electron chi connectivity index (χ2n) is 4.12. The Morgan fingerprint density at radius 3 is 2.32 bits per heavy atom. The lowest BCUT2D eigenvalue weighted by atomic mass is 10.0. The quantitative estimate of drug-likeness (QED) is 0.362. The average molecular weight is 334 g/mol. The Bertz CT molecular complexity index is 635. The van der Waals surface area contributed by atoms with Crippen LogP contribution in [-0.2, 0) is 4.79 Å². The van der Waals surface area contributed by atoms with Crippen molar-refractivity contribution in [2.45, 2.75) is 13.8 Å². The SMILES string of the molecule is CCNC(=O)/C(=C(/Cl)NCC)c1cc([N+](=O)[O-])c(F)cc1F. The van der Waals surface area contributed by atoms with Crippen molar-refractivity contribution in [3.63, 3.8) is 0 Å². The van der Waals surface area contributed by atoms with Crippen LogP contribution in [0, 0.1) is 21.7 Å².